The van der Waals surface area contributed by atoms with Crippen molar-refractivity contribution in [3.8, 4) is 5.88 Å². The fourth-order valence-electron chi connectivity index (χ4n) is 1.95. The van der Waals surface area contributed by atoms with Crippen LogP contribution in [0.1, 0.15) is 45.2 Å². The van der Waals surface area contributed by atoms with Gasteiger partial charge in [0.25, 0.3) is 0 Å². The van der Waals surface area contributed by atoms with Crippen LogP contribution in [0.15, 0.2) is 6.07 Å². The average molecular weight is 322 g/mol. The van der Waals surface area contributed by atoms with Crippen molar-refractivity contribution in [3.63, 3.8) is 0 Å². The van der Waals surface area contributed by atoms with E-state index in [0.29, 0.717) is 24.7 Å². The molecule has 0 atom stereocenters. The van der Waals surface area contributed by atoms with Gasteiger partial charge in [-0.3, -0.25) is 9.59 Å². The number of hydrogen-bond acceptors (Lipinski definition) is 5. The fraction of sp³-hybridized carbons (Fsp3) is 0.588. The molecule has 0 unspecified atom stereocenters. The molecular formula is C17H26N2O4. The lowest BCUT2D eigenvalue weighted by Crippen LogP contribution is -2.28. The lowest BCUT2D eigenvalue weighted by molar-refractivity contribution is -0.143. The van der Waals surface area contributed by atoms with Crippen LogP contribution in [0.4, 0.5) is 5.82 Å². The number of aryl methyl sites for hydroxylation is 1. The van der Waals surface area contributed by atoms with Gasteiger partial charge in [-0.1, -0.05) is 20.8 Å². The van der Waals surface area contributed by atoms with E-state index in [9.17, 15) is 9.59 Å². The zero-order valence-corrected chi connectivity index (χ0v) is 14.8. The van der Waals surface area contributed by atoms with Crippen molar-refractivity contribution >= 4 is 17.7 Å². The van der Waals surface area contributed by atoms with E-state index in [4.69, 9.17) is 9.47 Å². The van der Waals surface area contributed by atoms with Crippen LogP contribution in [-0.2, 0) is 20.7 Å². The molecule has 6 heteroatoms. The Kier molecular flexibility index (Phi) is 6.54. The van der Waals surface area contributed by atoms with Crippen molar-refractivity contribution in [2.45, 2.75) is 47.5 Å². The molecule has 1 aromatic rings. The summed E-state index contributed by atoms with van der Waals surface area (Å²) < 4.78 is 10.1. The van der Waals surface area contributed by atoms with E-state index in [1.54, 1.807) is 13.0 Å². The summed E-state index contributed by atoms with van der Waals surface area (Å²) in [5.74, 6) is 0.448. The second kappa shape index (κ2) is 7.94. The topological polar surface area (TPSA) is 77.5 Å². The van der Waals surface area contributed by atoms with Gasteiger partial charge in [-0.2, -0.15) is 4.98 Å². The number of amides is 1. The van der Waals surface area contributed by atoms with Gasteiger partial charge >= 0.3 is 5.97 Å². The molecule has 0 aromatic carbocycles. The molecule has 1 rings (SSSR count). The summed E-state index contributed by atoms with van der Waals surface area (Å²) in [5, 5.41) is 2.84. The second-order valence-electron chi connectivity index (χ2n) is 6.32. The third-order valence-electron chi connectivity index (χ3n) is 3.33. The van der Waals surface area contributed by atoms with Gasteiger partial charge < -0.3 is 14.8 Å². The van der Waals surface area contributed by atoms with Crippen molar-refractivity contribution in [1.29, 1.82) is 0 Å². The highest BCUT2D eigenvalue weighted by Crippen LogP contribution is 2.26. The van der Waals surface area contributed by atoms with Gasteiger partial charge in [-0.15, -0.1) is 0 Å². The van der Waals surface area contributed by atoms with E-state index in [1.807, 2.05) is 27.7 Å². The Morgan fingerprint density at radius 2 is 1.96 bits per heavy atom. The number of rotatable bonds is 6. The zero-order chi connectivity index (χ0) is 17.6. The minimum absolute atomic E-state index is 0.143. The lowest BCUT2D eigenvalue weighted by Gasteiger charge is -2.20. The standard InChI is InChI=1S/C17H26N2O4/c1-7-23-14(20)9-8-12-11(2)10-13(22-6)18-15(12)19-16(21)17(3,4)5/h10H,7-9H2,1-6H3,(H,18,19,21). The number of nitrogens with zero attached hydrogens (tertiary/aromatic N) is 1. The maximum atomic E-state index is 12.3. The van der Waals surface area contributed by atoms with Crippen LogP contribution in [0.5, 0.6) is 5.88 Å². The summed E-state index contributed by atoms with van der Waals surface area (Å²) in [4.78, 5) is 28.2. The van der Waals surface area contributed by atoms with Crippen molar-refractivity contribution in [2.24, 2.45) is 5.41 Å². The molecule has 0 bridgehead atoms. The molecule has 6 nitrogen and oxygen atoms in total. The van der Waals surface area contributed by atoms with E-state index in [0.717, 1.165) is 11.1 Å². The third kappa shape index (κ3) is 5.54. The number of carbonyl (C=O) groups excluding carboxylic acids is 2. The van der Waals surface area contributed by atoms with Crippen molar-refractivity contribution in [3.05, 3.63) is 17.2 Å². The molecule has 0 radical (unpaired) electrons. The number of anilines is 1. The molecule has 0 saturated heterocycles. The number of nitrogens with one attached hydrogen (secondary N) is 1. The molecule has 1 amide bonds. The number of carbonyl (C=O) groups is 2. The summed E-state index contributed by atoms with van der Waals surface area (Å²) >= 11 is 0. The Labute approximate surface area is 137 Å². The normalized spacial score (nSPS) is 11.0. The lowest BCUT2D eigenvalue weighted by atomic mass is 9.95. The summed E-state index contributed by atoms with van der Waals surface area (Å²) in [6, 6.07) is 1.78. The molecule has 0 spiro atoms. The average Bonchev–Trinajstić information content (AvgIpc) is 2.45. The first-order valence-corrected chi connectivity index (χ1v) is 7.70. The van der Waals surface area contributed by atoms with Crippen molar-refractivity contribution < 1.29 is 19.1 Å². The molecule has 0 aliphatic rings. The van der Waals surface area contributed by atoms with Crippen LogP contribution in [0, 0.1) is 12.3 Å². The molecule has 128 valence electrons. The molecule has 0 aliphatic heterocycles. The number of methoxy groups -OCH3 is 1. The molecule has 0 aliphatic carbocycles. The smallest absolute Gasteiger partial charge is 0.306 e. The van der Waals surface area contributed by atoms with Crippen LogP contribution in [0.3, 0.4) is 0 Å². The molecule has 1 heterocycles. The Bertz CT molecular complexity index is 577. The van der Waals surface area contributed by atoms with Gasteiger partial charge in [0.2, 0.25) is 11.8 Å². The van der Waals surface area contributed by atoms with Gasteiger partial charge in [-0.25, -0.2) is 0 Å². The summed E-state index contributed by atoms with van der Waals surface area (Å²) in [5.41, 5.74) is 1.18. The minimum atomic E-state index is -0.545. The number of pyridine rings is 1. The van der Waals surface area contributed by atoms with Crippen LogP contribution < -0.4 is 10.1 Å². The van der Waals surface area contributed by atoms with Crippen LogP contribution in [0.25, 0.3) is 0 Å². The largest absolute Gasteiger partial charge is 0.481 e. The maximum absolute atomic E-state index is 12.3. The molecule has 0 saturated carbocycles. The SMILES string of the molecule is CCOC(=O)CCc1c(C)cc(OC)nc1NC(=O)C(C)(C)C. The Morgan fingerprint density at radius 1 is 1.30 bits per heavy atom. The van der Waals surface area contributed by atoms with Crippen LogP contribution in [0.2, 0.25) is 0 Å². The number of ether oxygens (including phenoxy) is 2. The quantitative estimate of drug-likeness (QED) is 0.815. The zero-order valence-electron chi connectivity index (χ0n) is 14.8. The Hall–Kier alpha value is -2.11. The highest BCUT2D eigenvalue weighted by atomic mass is 16.5. The molecule has 23 heavy (non-hydrogen) atoms. The Balaban J connectivity index is 3.07. The van der Waals surface area contributed by atoms with Crippen LogP contribution >= 0.6 is 0 Å². The first-order chi connectivity index (χ1) is 10.7. The van der Waals surface area contributed by atoms with Gasteiger partial charge in [0.05, 0.1) is 13.7 Å². The molecular weight excluding hydrogens is 296 g/mol. The highest BCUT2D eigenvalue weighted by Gasteiger charge is 2.23. The minimum Gasteiger partial charge on any atom is -0.481 e. The maximum Gasteiger partial charge on any atom is 0.306 e. The summed E-state index contributed by atoms with van der Waals surface area (Å²) in [6.07, 6.45) is 0.683. The molecule has 1 aromatic heterocycles. The monoisotopic (exact) mass is 322 g/mol. The van der Waals surface area contributed by atoms with E-state index < -0.39 is 5.41 Å². The van der Waals surface area contributed by atoms with Crippen molar-refractivity contribution in [2.75, 3.05) is 19.0 Å². The van der Waals surface area contributed by atoms with Gasteiger partial charge in [-0.05, 0) is 31.4 Å². The van der Waals surface area contributed by atoms with E-state index in [-0.39, 0.29) is 18.3 Å². The van der Waals surface area contributed by atoms with E-state index >= 15 is 0 Å². The summed E-state index contributed by atoms with van der Waals surface area (Å²) in [7, 11) is 1.52. The number of esters is 1. The summed E-state index contributed by atoms with van der Waals surface area (Å²) in [6.45, 7) is 9.51. The first-order valence-electron chi connectivity index (χ1n) is 7.70. The predicted octanol–water partition coefficient (Wildman–Crippen LogP) is 2.88. The second-order valence-corrected chi connectivity index (χ2v) is 6.32. The Morgan fingerprint density at radius 3 is 2.48 bits per heavy atom. The van der Waals surface area contributed by atoms with Gasteiger partial charge in [0.15, 0.2) is 0 Å². The molecule has 0 fully saturated rings. The number of aromatic nitrogens is 1. The van der Waals surface area contributed by atoms with Gasteiger partial charge in [0.1, 0.15) is 5.82 Å². The highest BCUT2D eigenvalue weighted by molar-refractivity contribution is 5.94. The third-order valence-corrected chi connectivity index (χ3v) is 3.33. The first kappa shape index (κ1) is 18.9. The number of hydrogen-bond donors (Lipinski definition) is 1. The van der Waals surface area contributed by atoms with E-state index in [1.165, 1.54) is 7.11 Å². The predicted molar refractivity (Wildman–Crippen MR) is 88.6 cm³/mol. The van der Waals surface area contributed by atoms with Crippen molar-refractivity contribution in [1.82, 2.24) is 4.98 Å². The van der Waals surface area contributed by atoms with Crippen LogP contribution in [-0.4, -0.2) is 30.6 Å². The van der Waals surface area contributed by atoms with Gasteiger partial charge in [0, 0.05) is 17.9 Å². The molecule has 1 N–H and O–H groups in total. The van der Waals surface area contributed by atoms with E-state index in [2.05, 4.69) is 10.3 Å². The fourth-order valence-corrected chi connectivity index (χ4v) is 1.95.